The number of methoxy groups -OCH3 is 1. The summed E-state index contributed by atoms with van der Waals surface area (Å²) in [6.45, 7) is 18.2. The van der Waals surface area contributed by atoms with Crippen molar-refractivity contribution in [1.82, 2.24) is 10.6 Å². The Morgan fingerprint density at radius 1 is 0.596 bits per heavy atom. The predicted octanol–water partition coefficient (Wildman–Crippen LogP) is 12.4. The largest absolute Gasteiger partial charge is 0.461 e. The van der Waals surface area contributed by atoms with Crippen molar-refractivity contribution in [2.75, 3.05) is 20.2 Å². The average Bonchev–Trinajstić information content (AvgIpc) is 1.30. The molecule has 0 radical (unpaired) electrons. The molecule has 498 valence electrons. The normalized spacial score (nSPS) is 36.4. The molecule has 2 aromatic rings. The lowest BCUT2D eigenvalue weighted by Crippen LogP contribution is -2.58. The van der Waals surface area contributed by atoms with Gasteiger partial charge in [-0.05, 0) is 246 Å². The van der Waals surface area contributed by atoms with Crippen molar-refractivity contribution in [1.29, 1.82) is 0 Å². The molecule has 18 nitrogen and oxygen atoms in total. The lowest BCUT2D eigenvalue weighted by Gasteiger charge is -2.62. The van der Waals surface area contributed by atoms with Gasteiger partial charge in [0.25, 0.3) is 23.2 Å². The van der Waals surface area contributed by atoms with Crippen LogP contribution in [0.1, 0.15) is 217 Å². The van der Waals surface area contributed by atoms with Gasteiger partial charge in [0.1, 0.15) is 13.2 Å². The second kappa shape index (κ2) is 29.8. The third kappa shape index (κ3) is 14.6. The van der Waals surface area contributed by atoms with Crippen LogP contribution in [0.5, 0.6) is 0 Å². The van der Waals surface area contributed by atoms with Crippen molar-refractivity contribution in [3.8, 4) is 0 Å². The summed E-state index contributed by atoms with van der Waals surface area (Å²) in [5.74, 6) is 3.52. The maximum Gasteiger partial charge on any atom is 0.306 e. The number of carbonyl (C=O) groups excluding carboxylic acids is 4. The topological polar surface area (TPSA) is 267 Å². The molecule has 0 heterocycles. The van der Waals surface area contributed by atoms with E-state index in [2.05, 4.69) is 52.2 Å². The maximum atomic E-state index is 12.8. The highest BCUT2D eigenvalue weighted by Crippen LogP contribution is 2.70. The van der Waals surface area contributed by atoms with Crippen molar-refractivity contribution in [3.05, 3.63) is 78.9 Å². The predicted molar refractivity (Wildman–Crippen MR) is 351 cm³/mol. The summed E-state index contributed by atoms with van der Waals surface area (Å²) in [6.07, 6.45) is 17.7. The number of rotatable bonds is 19. The molecule has 8 fully saturated rings. The third-order valence-corrected chi connectivity index (χ3v) is 25.2. The van der Waals surface area contributed by atoms with Gasteiger partial charge in [-0.1, -0.05) is 41.5 Å². The third-order valence-electron chi connectivity index (χ3n) is 25.2. The number of ether oxygens (including phenoxy) is 3. The number of nitrogens with one attached hydrogen (secondary N) is 2. The first kappa shape index (κ1) is 70.7. The Labute approximate surface area is 536 Å². The summed E-state index contributed by atoms with van der Waals surface area (Å²) in [5, 5.41) is 62.0. The van der Waals surface area contributed by atoms with Gasteiger partial charge in [0.15, 0.2) is 0 Å². The fourth-order valence-electron chi connectivity index (χ4n) is 20.6. The van der Waals surface area contributed by atoms with Crippen molar-refractivity contribution in [3.63, 3.8) is 0 Å². The van der Waals surface area contributed by atoms with Crippen LogP contribution in [-0.2, 0) is 37.0 Å². The minimum atomic E-state index is -0.554. The molecule has 5 N–H and O–H groups in total. The molecule has 8 aliphatic rings. The Morgan fingerprint density at radius 2 is 1.00 bits per heavy atom. The van der Waals surface area contributed by atoms with E-state index in [1.807, 2.05) is 0 Å². The van der Waals surface area contributed by atoms with Crippen LogP contribution in [0.3, 0.4) is 0 Å². The molecular weight excluding hydrogens is 1170 g/mol. The van der Waals surface area contributed by atoms with Gasteiger partial charge in [0.2, 0.25) is 0 Å². The first-order valence-corrected chi connectivity index (χ1v) is 33.2. The number of benzene rings is 2. The maximum absolute atomic E-state index is 12.8. The van der Waals surface area contributed by atoms with Gasteiger partial charge in [-0.2, -0.15) is 19.8 Å². The van der Waals surface area contributed by atoms with Gasteiger partial charge >= 0.3 is 11.9 Å². The van der Waals surface area contributed by atoms with Gasteiger partial charge < -0.3 is 40.2 Å². The van der Waals surface area contributed by atoms with E-state index in [4.69, 9.17) is 15.6 Å². The van der Waals surface area contributed by atoms with E-state index in [9.17, 15) is 54.7 Å². The molecule has 0 saturated heterocycles. The number of hydrogen-bond acceptors (Lipinski definition) is 14. The summed E-state index contributed by atoms with van der Waals surface area (Å²) in [7, 11) is 0.0111. The fraction of sp³-hybridized carbons (Fsp3) is 0.768. The number of aliphatic hydroxyl groups is 3. The smallest absolute Gasteiger partial charge is 0.306 e. The molecule has 0 spiro atoms. The standard InChI is InChI=1S/C35H52N2O7.C34H50N2O7.2H3P/c1-6-36-33(40)22-8-9-23(29(17-22)37(41)42)20-44-31(39)12-7-21(2)26-10-11-27-32-28(14-16-35(26,27)4)34(3)15-13-25(43-5)18-24(34)19-30(32)38;1-5-35-32(40)21-7-8-22(28(16-21)36(41)42)19-43-30(39)11-6-20(2)25-9-10-26-31-27(13-15-34(25,26)4)33(3)14-12-24(37)17-23(33)18-29(31)38;;/h8-9,17,21,24-28,30,32,38H,6-7,10-16,18-20H2,1-5H3,(H,36,40);7-8,16,20,23-27,29,31,37-38H,5-6,9-15,17-19H2,1-4H3,(H,35,40);2*1H3/t21-,24-,25+,26?,27?,28?,30+,32?,34-,35+;20-,23-,24+,25?,26?,27?,29+,31?,33-,34+;;/m00../s1/i5D;;;. The Balaban J connectivity index is 0.000000251. The highest BCUT2D eigenvalue weighted by molar-refractivity contribution is 6.92. The lowest BCUT2D eigenvalue weighted by molar-refractivity contribution is -0.386. The Hall–Kier alpha value is -4.18. The van der Waals surface area contributed by atoms with Crippen LogP contribution in [0.25, 0.3) is 0 Å². The van der Waals surface area contributed by atoms with Gasteiger partial charge in [-0.25, -0.2) is 0 Å². The number of nitro benzene ring substituents is 2. The summed E-state index contributed by atoms with van der Waals surface area (Å²) in [5.41, 5.74) is 1.13. The molecule has 8 saturated carbocycles. The number of hydrogen-bond donors (Lipinski definition) is 5. The summed E-state index contributed by atoms with van der Waals surface area (Å²) in [4.78, 5) is 71.9. The quantitative estimate of drug-likeness (QED) is 0.0379. The SMILES string of the molecule is CCNC(=O)c1ccc(COC(=O)CC[C@H](C)C2CCC3C4C(CC[C@@]32C)[C@@]2(C)CC[C@@H](O)C[C@H]2C[C@H]4O)c([N+](=O)[O-])c1.P.P.[2H]CO[C@@H]1CC[C@]2(C)C3CC[C@@]4(C)C(CCC4[C@@H](C)CCC(=O)OCc4ccc(C(=O)NCC)cc4[N+](=O)[O-])C3[C@H](O)C[C@@H]2C1. The number of fused-ring (bicyclic) bond motifs is 10. The van der Waals surface area contributed by atoms with Gasteiger partial charge in [0, 0.05) is 56.3 Å². The van der Waals surface area contributed by atoms with Crippen molar-refractivity contribution in [2.45, 2.75) is 221 Å². The van der Waals surface area contributed by atoms with Crippen LogP contribution in [0, 0.1) is 113 Å². The Bertz CT molecular complexity index is 2870. The number of nitrogens with zero attached hydrogens (tertiary/aromatic N) is 2. The second-order valence-corrected chi connectivity index (χ2v) is 29.3. The van der Waals surface area contributed by atoms with Crippen LogP contribution in [0.15, 0.2) is 36.4 Å². The van der Waals surface area contributed by atoms with Crippen LogP contribution < -0.4 is 10.6 Å². The molecule has 2 amide bonds. The minimum Gasteiger partial charge on any atom is -0.461 e. The van der Waals surface area contributed by atoms with E-state index < -0.39 is 9.85 Å². The van der Waals surface area contributed by atoms with E-state index in [0.717, 1.165) is 103 Å². The highest BCUT2D eigenvalue weighted by Gasteiger charge is 2.65. The molecule has 0 bridgehead atoms. The van der Waals surface area contributed by atoms with E-state index in [0.29, 0.717) is 96.9 Å². The number of aliphatic hydroxyl groups excluding tert-OH is 3. The molecule has 22 atom stereocenters. The fourth-order valence-corrected chi connectivity index (χ4v) is 20.6. The zero-order valence-electron chi connectivity index (χ0n) is 55.5. The second-order valence-electron chi connectivity index (χ2n) is 29.3. The Kier molecular flexibility index (Phi) is 23.7. The van der Waals surface area contributed by atoms with Crippen LogP contribution in [0.2, 0.25) is 0 Å². The number of esters is 2. The number of nitro groups is 2. The van der Waals surface area contributed by atoms with Gasteiger partial charge in [-0.15, -0.1) is 0 Å². The van der Waals surface area contributed by atoms with E-state index >= 15 is 0 Å². The number of amides is 2. The molecule has 0 aliphatic heterocycles. The molecule has 10 rings (SSSR count). The van der Waals surface area contributed by atoms with Crippen LogP contribution in [-0.4, -0.2) is 93.5 Å². The molecular formula is C69H108N4O14P2. The van der Waals surface area contributed by atoms with E-state index in [-0.39, 0.29) is 156 Å². The van der Waals surface area contributed by atoms with Crippen molar-refractivity contribution in [2.24, 2.45) is 92.7 Å². The van der Waals surface area contributed by atoms with Crippen LogP contribution in [0.4, 0.5) is 11.4 Å². The van der Waals surface area contributed by atoms with Gasteiger partial charge in [0.05, 0.1) is 46.8 Å². The molecule has 10 unspecified atom stereocenters. The minimum absolute atomic E-state index is 0. The highest BCUT2D eigenvalue weighted by atomic mass is 31.0. The summed E-state index contributed by atoms with van der Waals surface area (Å²) >= 11 is 0. The van der Waals surface area contributed by atoms with Crippen molar-refractivity contribution < 1.29 is 59.9 Å². The molecule has 0 aromatic heterocycles. The molecule has 89 heavy (non-hydrogen) atoms. The zero-order valence-corrected chi connectivity index (χ0v) is 57.3. The first-order valence-electron chi connectivity index (χ1n) is 33.9. The lowest BCUT2D eigenvalue weighted by atomic mass is 9.43. The van der Waals surface area contributed by atoms with E-state index in [1.54, 1.807) is 13.8 Å². The number of carbonyl (C=O) groups is 4. The zero-order chi connectivity index (χ0) is 63.6. The molecule has 8 aliphatic carbocycles. The first-order chi connectivity index (χ1) is 41.8. The van der Waals surface area contributed by atoms with Crippen molar-refractivity contribution >= 4 is 54.9 Å². The molecule has 2 aromatic carbocycles. The monoisotopic (exact) mass is 1280 g/mol. The summed E-state index contributed by atoms with van der Waals surface area (Å²) < 4.78 is 24.1. The Morgan fingerprint density at radius 3 is 1.42 bits per heavy atom. The summed E-state index contributed by atoms with van der Waals surface area (Å²) in [6, 6.07) is 8.43. The molecule has 20 heteroatoms. The average molecular weight is 1280 g/mol. The van der Waals surface area contributed by atoms with E-state index in [1.165, 1.54) is 36.4 Å². The van der Waals surface area contributed by atoms with Gasteiger partial charge in [-0.3, -0.25) is 39.4 Å². The van der Waals surface area contributed by atoms with Crippen LogP contribution >= 0.6 is 19.8 Å².